The van der Waals surface area contributed by atoms with Gasteiger partial charge < -0.3 is 20.3 Å². The number of allylic oxidation sites excluding steroid dienone is 11. The van der Waals surface area contributed by atoms with Gasteiger partial charge in [-0.25, -0.2) is 0 Å². The number of unbranched alkanes of at least 4 members (excludes halogenated alkanes) is 27. The van der Waals surface area contributed by atoms with E-state index in [0.717, 1.165) is 70.6 Å². The Morgan fingerprint density at radius 2 is 0.803 bits per heavy atom. The molecule has 66 heavy (non-hydrogen) atoms. The molecule has 0 bridgehead atoms. The van der Waals surface area contributed by atoms with E-state index in [9.17, 15) is 19.8 Å². The molecule has 6 heteroatoms. The van der Waals surface area contributed by atoms with Crippen molar-refractivity contribution in [2.45, 2.75) is 289 Å². The number of esters is 1. The minimum absolute atomic E-state index is 0.00310. The van der Waals surface area contributed by atoms with Gasteiger partial charge in [0.2, 0.25) is 5.91 Å². The van der Waals surface area contributed by atoms with Crippen LogP contribution >= 0.6 is 0 Å². The van der Waals surface area contributed by atoms with Crippen LogP contribution in [-0.2, 0) is 14.3 Å². The zero-order valence-electron chi connectivity index (χ0n) is 43.6. The predicted molar refractivity (Wildman–Crippen MR) is 287 cm³/mol. The van der Waals surface area contributed by atoms with Gasteiger partial charge in [-0.15, -0.1) is 0 Å². The maximum absolute atomic E-state index is 13.2. The molecule has 382 valence electrons. The average Bonchev–Trinajstić information content (AvgIpc) is 3.31. The fraction of sp³-hybridized carbons (Fsp3) is 0.767. The van der Waals surface area contributed by atoms with Crippen molar-refractivity contribution in [2.24, 2.45) is 0 Å². The number of carbonyl (C=O) groups excluding carboxylic acids is 2. The number of rotatable bonds is 50. The Hall–Kier alpha value is -2.70. The number of aliphatic hydroxyl groups excluding tert-OH is 2. The fourth-order valence-electron chi connectivity index (χ4n) is 8.21. The summed E-state index contributed by atoms with van der Waals surface area (Å²) in [5.74, 6) is -0.582. The Balaban J connectivity index is 4.68. The summed E-state index contributed by atoms with van der Waals surface area (Å²) in [7, 11) is 0. The summed E-state index contributed by atoms with van der Waals surface area (Å²) in [6, 6.07) is -0.735. The van der Waals surface area contributed by atoms with Crippen molar-refractivity contribution < 1.29 is 24.5 Å². The van der Waals surface area contributed by atoms with Crippen LogP contribution in [-0.4, -0.2) is 46.9 Å². The number of aliphatic hydroxyl groups is 2. The zero-order chi connectivity index (χ0) is 48.1. The number of nitrogens with one attached hydrogen (secondary N) is 1. The van der Waals surface area contributed by atoms with E-state index in [2.05, 4.69) is 92.9 Å². The van der Waals surface area contributed by atoms with Crippen LogP contribution in [0.5, 0.6) is 0 Å². The highest BCUT2D eigenvalue weighted by atomic mass is 16.5. The zero-order valence-corrected chi connectivity index (χ0v) is 43.6. The molecular formula is C60H107NO5. The van der Waals surface area contributed by atoms with Gasteiger partial charge in [-0.05, 0) is 77.0 Å². The highest BCUT2D eigenvalue weighted by Gasteiger charge is 2.23. The number of hydrogen-bond acceptors (Lipinski definition) is 5. The van der Waals surface area contributed by atoms with Crippen LogP contribution in [0.25, 0.3) is 0 Å². The number of amides is 1. The van der Waals surface area contributed by atoms with Gasteiger partial charge >= 0.3 is 5.97 Å². The topological polar surface area (TPSA) is 95.9 Å². The van der Waals surface area contributed by atoms with Crippen LogP contribution in [0.2, 0.25) is 0 Å². The molecule has 0 aromatic rings. The molecule has 0 aliphatic heterocycles. The Labute approximate surface area is 409 Å². The molecule has 3 unspecified atom stereocenters. The molecular weight excluding hydrogens is 815 g/mol. The molecule has 0 radical (unpaired) electrons. The fourth-order valence-corrected chi connectivity index (χ4v) is 8.21. The molecule has 0 aliphatic carbocycles. The van der Waals surface area contributed by atoms with Gasteiger partial charge in [0.15, 0.2) is 0 Å². The minimum Gasteiger partial charge on any atom is -0.461 e. The largest absolute Gasteiger partial charge is 0.461 e. The van der Waals surface area contributed by atoms with Crippen LogP contribution in [0.4, 0.5) is 0 Å². The van der Waals surface area contributed by atoms with E-state index < -0.39 is 18.2 Å². The third-order valence-corrected chi connectivity index (χ3v) is 12.5. The molecule has 0 heterocycles. The van der Waals surface area contributed by atoms with Gasteiger partial charge in [-0.2, -0.15) is 0 Å². The third-order valence-electron chi connectivity index (χ3n) is 12.5. The van der Waals surface area contributed by atoms with Crippen molar-refractivity contribution in [1.29, 1.82) is 0 Å². The van der Waals surface area contributed by atoms with Crippen LogP contribution in [0.3, 0.4) is 0 Å². The Kier molecular flexibility index (Phi) is 51.1. The second-order valence-electron chi connectivity index (χ2n) is 19.0. The highest BCUT2D eigenvalue weighted by Crippen LogP contribution is 2.17. The van der Waals surface area contributed by atoms with E-state index in [1.807, 2.05) is 6.08 Å². The standard InChI is InChI=1S/C60H107NO5/c1-4-7-10-13-16-19-22-25-28-29-32-35-38-41-44-47-50-53-60(65)66-56(51-48-45-42-39-36-33-30-26-23-20-17-14-11-8-5-2)54-59(64)61-57(55-62)58(63)52-49-46-43-40-37-34-31-27-24-21-18-15-12-9-6-3/h16-17,19-20,25-26,28,30,36,39,45,48,56-58,62-63H,4-15,18,21-24,27,29,31-35,37-38,40-44,46-47,49-55H2,1-3H3,(H,61,64)/b19-16-,20-17-,28-25-,30-26-,39-36-,48-45-. The van der Waals surface area contributed by atoms with E-state index in [0.29, 0.717) is 19.3 Å². The first-order chi connectivity index (χ1) is 32.5. The summed E-state index contributed by atoms with van der Waals surface area (Å²) in [5, 5.41) is 23.8. The maximum atomic E-state index is 13.2. The monoisotopic (exact) mass is 922 g/mol. The van der Waals surface area contributed by atoms with Gasteiger partial charge in [0, 0.05) is 12.8 Å². The summed E-state index contributed by atoms with van der Waals surface area (Å²) in [6.07, 6.45) is 68.3. The highest BCUT2D eigenvalue weighted by molar-refractivity contribution is 5.77. The molecule has 0 aromatic heterocycles. The molecule has 0 saturated heterocycles. The average molecular weight is 923 g/mol. The van der Waals surface area contributed by atoms with E-state index >= 15 is 0 Å². The molecule has 3 atom stereocenters. The molecule has 0 aromatic carbocycles. The molecule has 0 aliphatic rings. The van der Waals surface area contributed by atoms with Gasteiger partial charge in [0.25, 0.3) is 0 Å². The first kappa shape index (κ1) is 63.3. The van der Waals surface area contributed by atoms with Crippen LogP contribution in [0, 0.1) is 0 Å². The SMILES string of the molecule is CCCCC/C=C\C/C=C\C/C=C\C/C=C\CC(CC(=O)NC(CO)C(O)CCCCCCCCCCCCCCCCC)OC(=O)CCCCCCCCC/C=C\C/C=C\CCCCC. The lowest BCUT2D eigenvalue weighted by Crippen LogP contribution is -2.46. The van der Waals surface area contributed by atoms with Gasteiger partial charge in [-0.1, -0.05) is 248 Å². The Bertz CT molecular complexity index is 1220. The number of carbonyl (C=O) groups is 2. The predicted octanol–water partition coefficient (Wildman–Crippen LogP) is 17.3. The maximum Gasteiger partial charge on any atom is 0.306 e. The molecule has 3 N–H and O–H groups in total. The third kappa shape index (κ3) is 47.8. The first-order valence-corrected chi connectivity index (χ1v) is 28.2. The Morgan fingerprint density at radius 3 is 1.24 bits per heavy atom. The van der Waals surface area contributed by atoms with Crippen molar-refractivity contribution in [3.63, 3.8) is 0 Å². The Morgan fingerprint density at radius 1 is 0.455 bits per heavy atom. The lowest BCUT2D eigenvalue weighted by Gasteiger charge is -2.24. The smallest absolute Gasteiger partial charge is 0.306 e. The van der Waals surface area contributed by atoms with Crippen LogP contribution in [0.15, 0.2) is 72.9 Å². The molecule has 1 amide bonds. The molecule has 0 fully saturated rings. The van der Waals surface area contributed by atoms with E-state index in [4.69, 9.17) is 4.74 Å². The molecule has 0 saturated carbocycles. The first-order valence-electron chi connectivity index (χ1n) is 28.2. The second-order valence-corrected chi connectivity index (χ2v) is 19.0. The van der Waals surface area contributed by atoms with Crippen molar-refractivity contribution in [2.75, 3.05) is 6.61 Å². The normalized spacial score (nSPS) is 13.7. The van der Waals surface area contributed by atoms with E-state index in [-0.39, 0.29) is 24.9 Å². The lowest BCUT2D eigenvalue weighted by atomic mass is 10.0. The van der Waals surface area contributed by atoms with Crippen molar-refractivity contribution in [3.8, 4) is 0 Å². The second kappa shape index (κ2) is 53.3. The van der Waals surface area contributed by atoms with Gasteiger partial charge in [-0.3, -0.25) is 9.59 Å². The van der Waals surface area contributed by atoms with Crippen LogP contribution in [0.1, 0.15) is 271 Å². The van der Waals surface area contributed by atoms with E-state index in [1.54, 1.807) is 0 Å². The van der Waals surface area contributed by atoms with Crippen molar-refractivity contribution >= 4 is 11.9 Å². The van der Waals surface area contributed by atoms with Crippen LogP contribution < -0.4 is 5.32 Å². The van der Waals surface area contributed by atoms with Gasteiger partial charge in [0.1, 0.15) is 6.10 Å². The summed E-state index contributed by atoms with van der Waals surface area (Å²) < 4.78 is 5.89. The summed E-state index contributed by atoms with van der Waals surface area (Å²) in [4.78, 5) is 26.2. The number of ether oxygens (including phenoxy) is 1. The number of hydrogen-bond donors (Lipinski definition) is 3. The lowest BCUT2D eigenvalue weighted by molar-refractivity contribution is -0.150. The van der Waals surface area contributed by atoms with Crippen molar-refractivity contribution in [1.82, 2.24) is 5.32 Å². The summed E-state index contributed by atoms with van der Waals surface area (Å²) in [5.41, 5.74) is 0. The molecule has 6 nitrogen and oxygen atoms in total. The quantitative estimate of drug-likeness (QED) is 0.0321. The summed E-state index contributed by atoms with van der Waals surface area (Å²) in [6.45, 7) is 6.42. The van der Waals surface area contributed by atoms with E-state index in [1.165, 1.54) is 154 Å². The molecule has 0 spiro atoms. The minimum atomic E-state index is -0.815. The molecule has 0 rings (SSSR count). The van der Waals surface area contributed by atoms with Gasteiger partial charge in [0.05, 0.1) is 25.2 Å². The summed E-state index contributed by atoms with van der Waals surface area (Å²) >= 11 is 0. The van der Waals surface area contributed by atoms with Crippen molar-refractivity contribution in [3.05, 3.63) is 72.9 Å².